The highest BCUT2D eigenvalue weighted by molar-refractivity contribution is 6.29. The number of benzene rings is 1. The van der Waals surface area contributed by atoms with Gasteiger partial charge in [-0.3, -0.25) is 4.98 Å². The molecule has 100 valence electrons. The van der Waals surface area contributed by atoms with Crippen molar-refractivity contribution in [1.82, 2.24) is 9.97 Å². The minimum absolute atomic E-state index is 0.262. The lowest BCUT2D eigenvalue weighted by Gasteiger charge is -2.08. The first-order valence-corrected chi connectivity index (χ1v) is 5.82. The summed E-state index contributed by atoms with van der Waals surface area (Å²) in [5.41, 5.74) is 0. The first kappa shape index (κ1) is 13.5. The molecule has 0 radical (unpaired) electrons. The molecule has 1 aromatic carbocycles. The summed E-state index contributed by atoms with van der Waals surface area (Å²) in [5, 5.41) is 3.21. The van der Waals surface area contributed by atoms with Crippen molar-refractivity contribution in [3.8, 4) is 5.75 Å². The fourth-order valence-corrected chi connectivity index (χ4v) is 1.49. The Morgan fingerprint density at radius 2 is 2.05 bits per heavy atom. The van der Waals surface area contributed by atoms with Gasteiger partial charge >= 0.3 is 0 Å². The normalized spacial score (nSPS) is 10.3. The summed E-state index contributed by atoms with van der Waals surface area (Å²) < 4.78 is 30.8. The van der Waals surface area contributed by atoms with Crippen LogP contribution >= 0.6 is 11.6 Å². The van der Waals surface area contributed by atoms with E-state index in [0.717, 1.165) is 12.1 Å². The molecule has 1 aromatic heterocycles. The summed E-state index contributed by atoms with van der Waals surface area (Å²) in [6.07, 6.45) is 2.94. The van der Waals surface area contributed by atoms with E-state index in [-0.39, 0.29) is 17.5 Å². The molecule has 0 aliphatic heterocycles. The van der Waals surface area contributed by atoms with Crippen LogP contribution in [0.3, 0.4) is 0 Å². The molecule has 0 aliphatic carbocycles. The third kappa shape index (κ3) is 4.03. The lowest BCUT2D eigenvalue weighted by atomic mass is 10.3. The number of nitrogens with zero attached hydrogens (tertiary/aromatic N) is 2. The minimum Gasteiger partial charge on any atom is -0.492 e. The van der Waals surface area contributed by atoms with E-state index in [1.807, 2.05) is 0 Å². The number of halogens is 3. The van der Waals surface area contributed by atoms with Crippen LogP contribution in [0.15, 0.2) is 30.6 Å². The van der Waals surface area contributed by atoms with Crippen LogP contribution in [0.25, 0.3) is 0 Å². The van der Waals surface area contributed by atoms with Gasteiger partial charge in [-0.25, -0.2) is 13.8 Å². The van der Waals surface area contributed by atoms with Crippen molar-refractivity contribution < 1.29 is 13.5 Å². The standard InChI is InChI=1S/C12H10ClF2N3O/c13-11-6-16-7-12(18-11)17-3-4-19-8-1-2-9(14)10(15)5-8/h1-2,5-7H,3-4H2,(H,17,18). The molecular weight excluding hydrogens is 276 g/mol. The molecule has 1 heterocycles. The van der Waals surface area contributed by atoms with Gasteiger partial charge in [0, 0.05) is 6.07 Å². The van der Waals surface area contributed by atoms with E-state index in [1.165, 1.54) is 18.5 Å². The maximum atomic E-state index is 12.9. The number of rotatable bonds is 5. The summed E-state index contributed by atoms with van der Waals surface area (Å²) in [5.74, 6) is -1.06. The van der Waals surface area contributed by atoms with Gasteiger partial charge in [0.15, 0.2) is 11.6 Å². The molecule has 0 spiro atoms. The van der Waals surface area contributed by atoms with Gasteiger partial charge in [-0.1, -0.05) is 11.6 Å². The van der Waals surface area contributed by atoms with Crippen LogP contribution in [0.2, 0.25) is 5.15 Å². The van der Waals surface area contributed by atoms with Gasteiger partial charge in [0.2, 0.25) is 0 Å². The Hall–Kier alpha value is -1.95. The van der Waals surface area contributed by atoms with Crippen LogP contribution in [-0.4, -0.2) is 23.1 Å². The second-order valence-corrected chi connectivity index (χ2v) is 3.97. The quantitative estimate of drug-likeness (QED) is 0.858. The highest BCUT2D eigenvalue weighted by Crippen LogP contribution is 2.15. The third-order valence-electron chi connectivity index (χ3n) is 2.17. The second kappa shape index (κ2) is 6.29. The first-order chi connectivity index (χ1) is 9.15. The van der Waals surface area contributed by atoms with E-state index >= 15 is 0 Å². The molecule has 0 amide bonds. The smallest absolute Gasteiger partial charge is 0.162 e. The number of nitrogens with one attached hydrogen (secondary N) is 1. The topological polar surface area (TPSA) is 47.0 Å². The zero-order chi connectivity index (χ0) is 13.7. The van der Waals surface area contributed by atoms with Crippen molar-refractivity contribution >= 4 is 17.4 Å². The summed E-state index contributed by atoms with van der Waals surface area (Å²) in [6.45, 7) is 0.688. The highest BCUT2D eigenvalue weighted by Gasteiger charge is 2.03. The molecule has 0 aliphatic rings. The van der Waals surface area contributed by atoms with Crippen LogP contribution in [0.4, 0.5) is 14.6 Å². The fraction of sp³-hybridized carbons (Fsp3) is 0.167. The zero-order valence-electron chi connectivity index (χ0n) is 9.74. The SMILES string of the molecule is Fc1ccc(OCCNc2cncc(Cl)n2)cc1F. The maximum Gasteiger partial charge on any atom is 0.162 e. The van der Waals surface area contributed by atoms with Crippen molar-refractivity contribution in [3.05, 3.63) is 47.4 Å². The molecule has 0 saturated heterocycles. The Morgan fingerprint density at radius 3 is 2.79 bits per heavy atom. The lowest BCUT2D eigenvalue weighted by molar-refractivity contribution is 0.329. The molecule has 7 heteroatoms. The monoisotopic (exact) mass is 285 g/mol. The van der Waals surface area contributed by atoms with Gasteiger partial charge in [-0.2, -0.15) is 0 Å². The van der Waals surface area contributed by atoms with Crippen molar-refractivity contribution in [3.63, 3.8) is 0 Å². The van der Waals surface area contributed by atoms with E-state index in [0.29, 0.717) is 12.4 Å². The highest BCUT2D eigenvalue weighted by atomic mass is 35.5. The second-order valence-electron chi connectivity index (χ2n) is 3.58. The van der Waals surface area contributed by atoms with Gasteiger partial charge < -0.3 is 10.1 Å². The molecule has 0 atom stereocenters. The van der Waals surface area contributed by atoms with Crippen molar-refractivity contribution in [2.75, 3.05) is 18.5 Å². The third-order valence-corrected chi connectivity index (χ3v) is 2.36. The van der Waals surface area contributed by atoms with Gasteiger partial charge in [0.25, 0.3) is 0 Å². The Bertz CT molecular complexity index is 568. The molecule has 19 heavy (non-hydrogen) atoms. The number of ether oxygens (including phenoxy) is 1. The van der Waals surface area contributed by atoms with Gasteiger partial charge in [-0.15, -0.1) is 0 Å². The Labute approximate surface area is 113 Å². The van der Waals surface area contributed by atoms with Crippen molar-refractivity contribution in [2.24, 2.45) is 0 Å². The minimum atomic E-state index is -0.939. The maximum absolute atomic E-state index is 12.9. The summed E-state index contributed by atoms with van der Waals surface area (Å²) >= 11 is 5.66. The largest absolute Gasteiger partial charge is 0.492 e. The number of hydrogen-bond donors (Lipinski definition) is 1. The van der Waals surface area contributed by atoms with E-state index in [1.54, 1.807) is 0 Å². The molecule has 4 nitrogen and oxygen atoms in total. The van der Waals surface area contributed by atoms with E-state index in [2.05, 4.69) is 15.3 Å². The first-order valence-electron chi connectivity index (χ1n) is 5.44. The van der Waals surface area contributed by atoms with Crippen LogP contribution in [-0.2, 0) is 0 Å². The van der Waals surface area contributed by atoms with Crippen LogP contribution in [0.1, 0.15) is 0 Å². The van der Waals surface area contributed by atoms with Crippen molar-refractivity contribution in [2.45, 2.75) is 0 Å². The molecular formula is C12H10ClF2N3O. The van der Waals surface area contributed by atoms with E-state index in [4.69, 9.17) is 16.3 Å². The van der Waals surface area contributed by atoms with E-state index in [9.17, 15) is 8.78 Å². The fourth-order valence-electron chi connectivity index (χ4n) is 1.34. The Balaban J connectivity index is 1.79. The Morgan fingerprint density at radius 1 is 1.21 bits per heavy atom. The lowest BCUT2D eigenvalue weighted by Crippen LogP contribution is -2.12. The molecule has 0 unspecified atom stereocenters. The predicted molar refractivity (Wildman–Crippen MR) is 67.4 cm³/mol. The summed E-state index contributed by atoms with van der Waals surface area (Å²) in [4.78, 5) is 7.82. The molecule has 1 N–H and O–H groups in total. The number of hydrogen-bond acceptors (Lipinski definition) is 4. The van der Waals surface area contributed by atoms with E-state index < -0.39 is 11.6 Å². The zero-order valence-corrected chi connectivity index (χ0v) is 10.5. The van der Waals surface area contributed by atoms with Crippen LogP contribution in [0, 0.1) is 11.6 Å². The Kier molecular flexibility index (Phi) is 4.46. The number of anilines is 1. The molecule has 0 saturated carbocycles. The van der Waals surface area contributed by atoms with Crippen LogP contribution in [0.5, 0.6) is 5.75 Å². The average molecular weight is 286 g/mol. The number of aromatic nitrogens is 2. The van der Waals surface area contributed by atoms with Crippen LogP contribution < -0.4 is 10.1 Å². The van der Waals surface area contributed by atoms with Gasteiger partial charge in [-0.05, 0) is 12.1 Å². The predicted octanol–water partition coefficient (Wildman–Crippen LogP) is 2.90. The van der Waals surface area contributed by atoms with Crippen molar-refractivity contribution in [1.29, 1.82) is 0 Å². The molecule has 2 aromatic rings. The molecule has 2 rings (SSSR count). The van der Waals surface area contributed by atoms with Gasteiger partial charge in [0.05, 0.1) is 18.9 Å². The summed E-state index contributed by atoms with van der Waals surface area (Å²) in [7, 11) is 0. The van der Waals surface area contributed by atoms with Gasteiger partial charge in [0.1, 0.15) is 23.3 Å². The molecule has 0 bridgehead atoms. The summed E-state index contributed by atoms with van der Waals surface area (Å²) in [6, 6.07) is 3.37. The average Bonchev–Trinajstić information content (AvgIpc) is 2.39. The molecule has 0 fully saturated rings.